The van der Waals surface area contributed by atoms with Crippen LogP contribution >= 0.6 is 0 Å². The molecule has 28 heavy (non-hydrogen) atoms. The molecule has 4 rings (SSSR count). The molecule has 0 saturated carbocycles. The zero-order valence-electron chi connectivity index (χ0n) is 15.4. The van der Waals surface area contributed by atoms with Gasteiger partial charge < -0.3 is 10.1 Å². The Morgan fingerprint density at radius 2 is 1.75 bits per heavy atom. The summed E-state index contributed by atoms with van der Waals surface area (Å²) in [4.78, 5) is 12.5. The number of nitrogens with one attached hydrogen (secondary N) is 1. The fraction of sp³-hybridized carbons (Fsp3) is 0.190. The maximum Gasteiger partial charge on any atom is 0.265 e. The Kier molecular flexibility index (Phi) is 4.68. The molecule has 0 aliphatic carbocycles. The van der Waals surface area contributed by atoms with Crippen LogP contribution in [-0.4, -0.2) is 28.0 Å². The topological polar surface area (TPSA) is 75.7 Å². The van der Waals surface area contributed by atoms with E-state index >= 15 is 0 Å². The zero-order valence-corrected chi connectivity index (χ0v) is 16.2. The molecular weight excluding hydrogens is 376 g/mol. The minimum Gasteiger partial charge on any atom is -0.497 e. The van der Waals surface area contributed by atoms with E-state index in [9.17, 15) is 13.2 Å². The van der Waals surface area contributed by atoms with Gasteiger partial charge in [0.25, 0.3) is 10.0 Å². The van der Waals surface area contributed by atoms with E-state index in [0.29, 0.717) is 28.4 Å². The van der Waals surface area contributed by atoms with Gasteiger partial charge in [-0.05, 0) is 48.2 Å². The highest BCUT2D eigenvalue weighted by Crippen LogP contribution is 2.41. The Morgan fingerprint density at radius 3 is 2.46 bits per heavy atom. The van der Waals surface area contributed by atoms with Crippen LogP contribution in [0.2, 0.25) is 0 Å². The van der Waals surface area contributed by atoms with Crippen molar-refractivity contribution in [2.24, 2.45) is 0 Å². The number of ether oxygens (including phenoxy) is 1. The normalized spacial score (nSPS) is 14.2. The Balaban J connectivity index is 1.43. The molecule has 0 unspecified atom stereocenters. The van der Waals surface area contributed by atoms with Gasteiger partial charge in [0, 0.05) is 24.0 Å². The molecule has 0 atom stereocenters. The summed E-state index contributed by atoms with van der Waals surface area (Å²) in [5, 5.41) is 4.47. The van der Waals surface area contributed by atoms with Gasteiger partial charge in [0.2, 0.25) is 5.91 Å². The van der Waals surface area contributed by atoms with Crippen molar-refractivity contribution in [3.05, 3.63) is 60.7 Å². The molecule has 1 aliphatic heterocycles. The van der Waals surface area contributed by atoms with Crippen LogP contribution in [0.15, 0.2) is 65.6 Å². The molecule has 1 N–H and O–H groups in total. The number of rotatable bonds is 6. The van der Waals surface area contributed by atoms with Crippen molar-refractivity contribution in [1.29, 1.82) is 0 Å². The lowest BCUT2D eigenvalue weighted by Crippen LogP contribution is -2.28. The number of benzene rings is 3. The van der Waals surface area contributed by atoms with E-state index in [4.69, 9.17) is 4.74 Å². The fourth-order valence-corrected chi connectivity index (χ4v) is 5.23. The summed E-state index contributed by atoms with van der Waals surface area (Å²) in [6.45, 7) is 0.256. The summed E-state index contributed by atoms with van der Waals surface area (Å²) in [6.07, 6.45) is 0.649. The summed E-state index contributed by atoms with van der Waals surface area (Å²) in [5.41, 5.74) is 1.36. The molecule has 3 aromatic rings. The van der Waals surface area contributed by atoms with Crippen molar-refractivity contribution >= 4 is 38.1 Å². The van der Waals surface area contributed by atoms with Crippen molar-refractivity contribution in [1.82, 2.24) is 0 Å². The summed E-state index contributed by atoms with van der Waals surface area (Å²) < 4.78 is 32.3. The summed E-state index contributed by atoms with van der Waals surface area (Å²) in [7, 11) is -1.99. The van der Waals surface area contributed by atoms with Crippen LogP contribution in [0.4, 0.5) is 11.4 Å². The Labute approximate surface area is 163 Å². The van der Waals surface area contributed by atoms with Crippen molar-refractivity contribution in [3.63, 3.8) is 0 Å². The molecule has 3 aromatic carbocycles. The van der Waals surface area contributed by atoms with Gasteiger partial charge in [-0.25, -0.2) is 8.42 Å². The number of carbonyl (C=O) groups excluding carboxylic acids is 1. The maximum atomic E-state index is 12.9. The Hall–Kier alpha value is -3.06. The van der Waals surface area contributed by atoms with Crippen molar-refractivity contribution < 1.29 is 17.9 Å². The molecular formula is C21H20N2O4S. The minimum absolute atomic E-state index is 0.155. The molecule has 0 saturated heterocycles. The van der Waals surface area contributed by atoms with Gasteiger partial charge in [0.05, 0.1) is 17.7 Å². The van der Waals surface area contributed by atoms with Crippen LogP contribution in [0.3, 0.4) is 0 Å². The predicted octanol–water partition coefficient (Wildman–Crippen LogP) is 3.78. The monoisotopic (exact) mass is 396 g/mol. The second-order valence-electron chi connectivity index (χ2n) is 6.59. The van der Waals surface area contributed by atoms with E-state index in [1.165, 1.54) is 4.31 Å². The number of amides is 1. The average Bonchev–Trinajstić information content (AvgIpc) is 2.92. The van der Waals surface area contributed by atoms with Crippen molar-refractivity contribution in [2.75, 3.05) is 23.3 Å². The highest BCUT2D eigenvalue weighted by molar-refractivity contribution is 7.93. The molecule has 0 radical (unpaired) electrons. The molecule has 0 spiro atoms. The van der Waals surface area contributed by atoms with Crippen molar-refractivity contribution in [3.8, 4) is 5.75 Å². The number of sulfonamides is 1. The first-order valence-corrected chi connectivity index (χ1v) is 10.4. The molecule has 0 aromatic heterocycles. The van der Waals surface area contributed by atoms with Crippen molar-refractivity contribution in [2.45, 2.75) is 17.7 Å². The number of carbonyl (C=O) groups is 1. The van der Waals surface area contributed by atoms with E-state index in [2.05, 4.69) is 5.32 Å². The lowest BCUT2D eigenvalue weighted by Gasteiger charge is -2.18. The number of nitrogens with zero attached hydrogens (tertiary/aromatic N) is 1. The highest BCUT2D eigenvalue weighted by atomic mass is 32.2. The Morgan fingerprint density at radius 1 is 1.04 bits per heavy atom. The third-order valence-electron chi connectivity index (χ3n) is 4.82. The third kappa shape index (κ3) is 3.18. The number of hydrogen-bond acceptors (Lipinski definition) is 4. The van der Waals surface area contributed by atoms with E-state index in [0.717, 1.165) is 10.8 Å². The zero-order chi connectivity index (χ0) is 19.7. The first kappa shape index (κ1) is 18.3. The van der Waals surface area contributed by atoms with Crippen LogP contribution in [-0.2, 0) is 14.8 Å². The number of anilines is 2. The summed E-state index contributed by atoms with van der Waals surface area (Å²) in [5.74, 6) is 0.559. The fourth-order valence-electron chi connectivity index (χ4n) is 3.48. The van der Waals surface area contributed by atoms with Gasteiger partial charge in [0.1, 0.15) is 5.75 Å². The van der Waals surface area contributed by atoms with Gasteiger partial charge in [-0.3, -0.25) is 9.10 Å². The van der Waals surface area contributed by atoms with Gasteiger partial charge in [-0.1, -0.05) is 24.3 Å². The third-order valence-corrected chi connectivity index (χ3v) is 6.68. The maximum absolute atomic E-state index is 12.9. The molecule has 1 heterocycles. The standard InChI is InChI=1S/C21H20N2O4S/c1-27-17-12-10-16(11-13-17)22-20(24)9-4-14-23-18-7-2-5-15-6-3-8-19(21(15)18)28(23,25)26/h2-3,5-8,10-13H,4,9,14H2,1H3,(H,22,24). The molecule has 1 amide bonds. The molecule has 0 fully saturated rings. The minimum atomic E-state index is -3.58. The van der Waals surface area contributed by atoms with E-state index in [-0.39, 0.29) is 18.9 Å². The molecule has 0 bridgehead atoms. The second-order valence-corrected chi connectivity index (χ2v) is 8.42. The smallest absolute Gasteiger partial charge is 0.265 e. The lowest BCUT2D eigenvalue weighted by molar-refractivity contribution is -0.116. The van der Waals surface area contributed by atoms with Crippen LogP contribution in [0, 0.1) is 0 Å². The van der Waals surface area contributed by atoms with Gasteiger partial charge in [-0.15, -0.1) is 0 Å². The highest BCUT2D eigenvalue weighted by Gasteiger charge is 2.34. The molecule has 144 valence electrons. The van der Waals surface area contributed by atoms with Gasteiger partial charge >= 0.3 is 0 Å². The van der Waals surface area contributed by atoms with Crippen LogP contribution in [0.25, 0.3) is 10.8 Å². The van der Waals surface area contributed by atoms with E-state index in [1.54, 1.807) is 43.5 Å². The van der Waals surface area contributed by atoms with E-state index in [1.807, 2.05) is 24.3 Å². The van der Waals surface area contributed by atoms with Gasteiger partial charge in [-0.2, -0.15) is 0 Å². The van der Waals surface area contributed by atoms with Crippen LogP contribution in [0.1, 0.15) is 12.8 Å². The number of hydrogen-bond donors (Lipinski definition) is 1. The lowest BCUT2D eigenvalue weighted by atomic mass is 10.1. The summed E-state index contributed by atoms with van der Waals surface area (Å²) in [6, 6.07) is 17.9. The quantitative estimate of drug-likeness (QED) is 0.688. The molecule has 6 nitrogen and oxygen atoms in total. The van der Waals surface area contributed by atoms with Gasteiger partial charge in [0.15, 0.2) is 0 Å². The average molecular weight is 396 g/mol. The summed E-state index contributed by atoms with van der Waals surface area (Å²) >= 11 is 0. The molecule has 1 aliphatic rings. The second kappa shape index (κ2) is 7.16. The predicted molar refractivity (Wildman–Crippen MR) is 109 cm³/mol. The first-order chi connectivity index (χ1) is 13.5. The first-order valence-electron chi connectivity index (χ1n) is 8.99. The van der Waals surface area contributed by atoms with Crippen LogP contribution in [0.5, 0.6) is 5.75 Å². The molecule has 7 heteroatoms. The van der Waals surface area contributed by atoms with E-state index < -0.39 is 10.0 Å². The van der Waals surface area contributed by atoms with Crippen LogP contribution < -0.4 is 14.4 Å². The largest absolute Gasteiger partial charge is 0.497 e. The number of methoxy groups -OCH3 is 1. The SMILES string of the molecule is COc1ccc(NC(=O)CCCN2c3cccc4cccc(c34)S2(=O)=O)cc1. The Bertz CT molecular complexity index is 1140.